The minimum atomic E-state index is 0.101. The van der Waals surface area contributed by atoms with Gasteiger partial charge in [-0.25, -0.2) is 4.85 Å². The molecule has 0 fully saturated rings. The third-order valence-electron chi connectivity index (χ3n) is 3.07. The van der Waals surface area contributed by atoms with Crippen LogP contribution in [-0.2, 0) is 5.41 Å². The molecule has 0 bridgehead atoms. The lowest BCUT2D eigenvalue weighted by Gasteiger charge is -2.20. The lowest BCUT2D eigenvalue weighted by atomic mass is 9.85. The molecule has 0 heterocycles. The monoisotopic (exact) mass is 235 g/mol. The van der Waals surface area contributed by atoms with E-state index in [9.17, 15) is 0 Å². The van der Waals surface area contributed by atoms with Gasteiger partial charge in [0, 0.05) is 0 Å². The third kappa shape index (κ3) is 2.43. The molecule has 2 aromatic rings. The zero-order valence-electron chi connectivity index (χ0n) is 11.1. The van der Waals surface area contributed by atoms with E-state index in [1.165, 1.54) is 5.56 Å². The van der Waals surface area contributed by atoms with Gasteiger partial charge in [0.05, 0.1) is 6.57 Å². The zero-order chi connectivity index (χ0) is 13.2. The van der Waals surface area contributed by atoms with Crippen LogP contribution in [0.1, 0.15) is 26.3 Å². The summed E-state index contributed by atoms with van der Waals surface area (Å²) >= 11 is 0. The molecule has 0 atom stereocenters. The van der Waals surface area contributed by atoms with Crippen LogP contribution in [0.3, 0.4) is 0 Å². The summed E-state index contributed by atoms with van der Waals surface area (Å²) in [4.78, 5) is 3.62. The van der Waals surface area contributed by atoms with Crippen LogP contribution in [0, 0.1) is 6.57 Å². The largest absolute Gasteiger partial charge is 0.238 e. The van der Waals surface area contributed by atoms with E-state index in [1.54, 1.807) is 0 Å². The van der Waals surface area contributed by atoms with E-state index < -0.39 is 0 Å². The van der Waals surface area contributed by atoms with Gasteiger partial charge in [0.25, 0.3) is 0 Å². The highest BCUT2D eigenvalue weighted by Crippen LogP contribution is 2.34. The molecule has 1 heteroatoms. The zero-order valence-corrected chi connectivity index (χ0v) is 11.1. The second kappa shape index (κ2) is 4.66. The topological polar surface area (TPSA) is 4.36 Å². The Morgan fingerprint density at radius 3 is 2.17 bits per heavy atom. The maximum Gasteiger partial charge on any atom is 0.194 e. The molecule has 0 N–H and O–H groups in total. The average Bonchev–Trinajstić information content (AvgIpc) is 2.38. The van der Waals surface area contributed by atoms with Gasteiger partial charge in [-0.15, -0.1) is 0 Å². The van der Waals surface area contributed by atoms with Crippen molar-refractivity contribution in [3.63, 3.8) is 0 Å². The van der Waals surface area contributed by atoms with E-state index in [2.05, 4.69) is 49.9 Å². The first-order valence-corrected chi connectivity index (χ1v) is 6.10. The van der Waals surface area contributed by atoms with E-state index in [0.717, 1.165) is 11.1 Å². The molecule has 0 unspecified atom stereocenters. The SMILES string of the molecule is [C-]#[N+]c1ccc(C(C)(C)C)cc1-c1ccccc1. The average molecular weight is 235 g/mol. The van der Waals surface area contributed by atoms with Gasteiger partial charge in [-0.2, -0.15) is 0 Å². The second-order valence-electron chi connectivity index (χ2n) is 5.46. The van der Waals surface area contributed by atoms with Gasteiger partial charge < -0.3 is 0 Å². The molecule has 0 aliphatic heterocycles. The minimum Gasteiger partial charge on any atom is -0.238 e. The van der Waals surface area contributed by atoms with E-state index in [1.807, 2.05) is 24.3 Å². The molecule has 18 heavy (non-hydrogen) atoms. The Morgan fingerprint density at radius 2 is 1.61 bits per heavy atom. The maximum absolute atomic E-state index is 7.29. The quantitative estimate of drug-likeness (QED) is 0.598. The maximum atomic E-state index is 7.29. The number of hydrogen-bond acceptors (Lipinski definition) is 0. The van der Waals surface area contributed by atoms with Gasteiger partial charge in [-0.3, -0.25) is 0 Å². The highest BCUT2D eigenvalue weighted by atomic mass is 14.6. The Hall–Kier alpha value is -2.07. The molecule has 0 saturated heterocycles. The molecular formula is C17H17N. The third-order valence-corrected chi connectivity index (χ3v) is 3.07. The van der Waals surface area contributed by atoms with Crippen molar-refractivity contribution in [2.24, 2.45) is 0 Å². The Balaban J connectivity index is 2.62. The molecule has 1 nitrogen and oxygen atoms in total. The summed E-state index contributed by atoms with van der Waals surface area (Å²) in [6, 6.07) is 16.2. The smallest absolute Gasteiger partial charge is 0.194 e. The Labute approximate surface area is 109 Å². The van der Waals surface area contributed by atoms with Crippen LogP contribution in [0.25, 0.3) is 16.0 Å². The fourth-order valence-electron chi connectivity index (χ4n) is 1.95. The molecule has 0 aliphatic rings. The Morgan fingerprint density at radius 1 is 0.944 bits per heavy atom. The van der Waals surface area contributed by atoms with Crippen LogP contribution < -0.4 is 0 Å². The summed E-state index contributed by atoms with van der Waals surface area (Å²) in [6.07, 6.45) is 0. The first-order valence-electron chi connectivity index (χ1n) is 6.10. The molecule has 0 saturated carbocycles. The van der Waals surface area contributed by atoms with Crippen LogP contribution in [0.5, 0.6) is 0 Å². The standard InChI is InChI=1S/C17H17N/c1-17(2,3)14-10-11-16(18-4)15(12-14)13-8-6-5-7-9-13/h5-12H,1-3H3. The molecular weight excluding hydrogens is 218 g/mol. The van der Waals surface area contributed by atoms with Crippen molar-refractivity contribution in [2.45, 2.75) is 26.2 Å². The lowest BCUT2D eigenvalue weighted by molar-refractivity contribution is 0.590. The molecule has 0 spiro atoms. The fourth-order valence-corrected chi connectivity index (χ4v) is 1.95. The van der Waals surface area contributed by atoms with Gasteiger partial charge in [0.15, 0.2) is 5.69 Å². The summed E-state index contributed by atoms with van der Waals surface area (Å²) in [5.74, 6) is 0. The van der Waals surface area contributed by atoms with E-state index >= 15 is 0 Å². The van der Waals surface area contributed by atoms with E-state index in [0.29, 0.717) is 5.69 Å². The van der Waals surface area contributed by atoms with Crippen LogP contribution in [0.15, 0.2) is 48.5 Å². The molecule has 2 rings (SSSR count). The van der Waals surface area contributed by atoms with Gasteiger partial charge in [0.1, 0.15) is 0 Å². The first-order chi connectivity index (χ1) is 8.52. The van der Waals surface area contributed by atoms with E-state index in [-0.39, 0.29) is 5.41 Å². The number of benzene rings is 2. The lowest BCUT2D eigenvalue weighted by Crippen LogP contribution is -2.10. The summed E-state index contributed by atoms with van der Waals surface area (Å²) in [5.41, 5.74) is 4.21. The van der Waals surface area contributed by atoms with Crippen LogP contribution >= 0.6 is 0 Å². The molecule has 0 radical (unpaired) electrons. The molecule has 2 aromatic carbocycles. The van der Waals surface area contributed by atoms with Crippen molar-refractivity contribution in [1.82, 2.24) is 0 Å². The summed E-state index contributed by atoms with van der Waals surface area (Å²) in [7, 11) is 0. The summed E-state index contributed by atoms with van der Waals surface area (Å²) < 4.78 is 0. The van der Waals surface area contributed by atoms with Crippen molar-refractivity contribution in [3.05, 3.63) is 65.5 Å². The normalized spacial score (nSPS) is 11.0. The van der Waals surface area contributed by atoms with Gasteiger partial charge in [-0.05, 0) is 22.1 Å². The molecule has 0 aromatic heterocycles. The van der Waals surface area contributed by atoms with Crippen LogP contribution in [0.4, 0.5) is 5.69 Å². The van der Waals surface area contributed by atoms with Gasteiger partial charge >= 0.3 is 0 Å². The molecule has 0 amide bonds. The van der Waals surface area contributed by atoms with Crippen molar-refractivity contribution >= 4 is 5.69 Å². The van der Waals surface area contributed by atoms with Gasteiger partial charge in [-0.1, -0.05) is 69.3 Å². The minimum absolute atomic E-state index is 0.101. The van der Waals surface area contributed by atoms with Crippen molar-refractivity contribution in [3.8, 4) is 11.1 Å². The van der Waals surface area contributed by atoms with Crippen molar-refractivity contribution in [1.29, 1.82) is 0 Å². The Bertz CT molecular complexity index is 583. The summed E-state index contributed by atoms with van der Waals surface area (Å²) in [5, 5.41) is 0. The predicted octanol–water partition coefficient (Wildman–Crippen LogP) is 5.20. The van der Waals surface area contributed by atoms with Crippen LogP contribution in [0.2, 0.25) is 0 Å². The highest BCUT2D eigenvalue weighted by molar-refractivity contribution is 5.79. The first kappa shape index (κ1) is 12.4. The summed E-state index contributed by atoms with van der Waals surface area (Å²) in [6.45, 7) is 13.9. The second-order valence-corrected chi connectivity index (χ2v) is 5.46. The number of hydrogen-bond donors (Lipinski definition) is 0. The molecule has 0 aliphatic carbocycles. The fraction of sp³-hybridized carbons (Fsp3) is 0.235. The predicted molar refractivity (Wildman–Crippen MR) is 76.8 cm³/mol. The number of nitrogens with zero attached hydrogens (tertiary/aromatic N) is 1. The highest BCUT2D eigenvalue weighted by Gasteiger charge is 2.15. The number of rotatable bonds is 1. The van der Waals surface area contributed by atoms with E-state index in [4.69, 9.17) is 6.57 Å². The molecule has 90 valence electrons. The Kier molecular flexibility index (Phi) is 3.21. The van der Waals surface area contributed by atoms with Gasteiger partial charge in [0.2, 0.25) is 0 Å². The van der Waals surface area contributed by atoms with Crippen molar-refractivity contribution in [2.75, 3.05) is 0 Å². The van der Waals surface area contributed by atoms with Crippen LogP contribution in [-0.4, -0.2) is 0 Å². The van der Waals surface area contributed by atoms with Crippen molar-refractivity contribution < 1.29 is 0 Å².